The van der Waals surface area contributed by atoms with E-state index in [1.807, 2.05) is 61.3 Å². The van der Waals surface area contributed by atoms with Gasteiger partial charge in [0.2, 0.25) is 0 Å². The van der Waals surface area contributed by atoms with Crippen molar-refractivity contribution in [3.05, 3.63) is 66.4 Å². The first-order valence-corrected chi connectivity index (χ1v) is 11.9. The summed E-state index contributed by atoms with van der Waals surface area (Å²) in [5.74, 6) is 0.0829. The second kappa shape index (κ2) is 10.3. The van der Waals surface area contributed by atoms with Gasteiger partial charge in [0.15, 0.2) is 0 Å². The van der Waals surface area contributed by atoms with Crippen LogP contribution in [0.2, 0.25) is 0 Å². The second-order valence-electron chi connectivity index (χ2n) is 8.23. The van der Waals surface area contributed by atoms with Crippen LogP contribution in [-0.2, 0) is 4.74 Å². The molecule has 2 heterocycles. The Morgan fingerprint density at radius 2 is 1.72 bits per heavy atom. The Labute approximate surface area is 194 Å². The Balaban J connectivity index is 1.32. The van der Waals surface area contributed by atoms with E-state index in [0.29, 0.717) is 18.7 Å². The zero-order valence-electron chi connectivity index (χ0n) is 18.8. The van der Waals surface area contributed by atoms with Gasteiger partial charge >= 0.3 is 0 Å². The summed E-state index contributed by atoms with van der Waals surface area (Å²) in [6.45, 7) is 9.26. The number of ether oxygens (including phenoxy) is 1. The maximum absolute atomic E-state index is 12.9. The molecule has 2 aromatic carbocycles. The van der Waals surface area contributed by atoms with Crippen LogP contribution < -0.4 is 4.72 Å². The lowest BCUT2D eigenvalue weighted by Crippen LogP contribution is -2.52. The Bertz CT molecular complexity index is 1040. The van der Waals surface area contributed by atoms with E-state index >= 15 is 0 Å². The van der Waals surface area contributed by atoms with E-state index < -0.39 is 0 Å². The maximum Gasteiger partial charge on any atom is 0.253 e. The fourth-order valence-electron chi connectivity index (χ4n) is 3.90. The van der Waals surface area contributed by atoms with Crippen molar-refractivity contribution in [2.24, 2.45) is 0 Å². The molecule has 1 saturated heterocycles. The number of amides is 1. The summed E-state index contributed by atoms with van der Waals surface area (Å²) >= 11 is 1.53. The highest BCUT2D eigenvalue weighted by Gasteiger charge is 2.25. The lowest BCUT2D eigenvalue weighted by molar-refractivity contribution is -0.0876. The van der Waals surface area contributed by atoms with Crippen molar-refractivity contribution >= 4 is 34.4 Å². The molecule has 0 bridgehead atoms. The average Bonchev–Trinajstić information content (AvgIpc) is 2.82. The molecule has 6 nitrogen and oxygen atoms in total. The first-order valence-electron chi connectivity index (χ1n) is 11.1. The summed E-state index contributed by atoms with van der Waals surface area (Å²) in [5.41, 5.74) is 2.64. The summed E-state index contributed by atoms with van der Waals surface area (Å²) in [4.78, 5) is 22.7. The van der Waals surface area contributed by atoms with E-state index in [2.05, 4.69) is 39.7 Å². The lowest BCUT2D eigenvalue weighted by atomic mass is 10.1. The van der Waals surface area contributed by atoms with Gasteiger partial charge in [-0.2, -0.15) is 0 Å². The average molecular weight is 451 g/mol. The number of rotatable bonds is 7. The predicted molar refractivity (Wildman–Crippen MR) is 131 cm³/mol. The molecule has 3 aromatic rings. The molecule has 1 aliphatic rings. The van der Waals surface area contributed by atoms with Gasteiger partial charge in [-0.3, -0.25) is 14.7 Å². The number of carbonyl (C=O) groups excluding carboxylic acids is 1. The molecule has 7 heteroatoms. The quantitative estimate of drug-likeness (QED) is 0.518. The Kier molecular flexibility index (Phi) is 7.29. The minimum Gasteiger partial charge on any atom is -0.361 e. The Morgan fingerprint density at radius 3 is 2.44 bits per heavy atom. The van der Waals surface area contributed by atoms with Gasteiger partial charge in [0.05, 0.1) is 16.5 Å². The third kappa shape index (κ3) is 5.41. The highest BCUT2D eigenvalue weighted by Crippen LogP contribution is 2.27. The van der Waals surface area contributed by atoms with Crippen LogP contribution in [0.4, 0.5) is 5.69 Å². The normalized spacial score (nSPS) is 15.8. The molecule has 4 rings (SSSR count). The molecule has 0 aliphatic carbocycles. The number of aromatic nitrogens is 1. The number of fused-ring (bicyclic) bond motifs is 1. The van der Waals surface area contributed by atoms with Crippen molar-refractivity contribution in [3.8, 4) is 0 Å². The maximum atomic E-state index is 12.9. The van der Waals surface area contributed by atoms with E-state index in [1.165, 1.54) is 11.9 Å². The molecule has 168 valence electrons. The SMILES string of the molecule is CC(C)OC(C)N1CCN(C(=O)c2ccc(NSc3cccc4cccnc34)cc2)CC1. The fourth-order valence-corrected chi connectivity index (χ4v) is 4.68. The second-order valence-corrected chi connectivity index (χ2v) is 9.07. The third-order valence-electron chi connectivity index (χ3n) is 5.59. The van der Waals surface area contributed by atoms with E-state index in [4.69, 9.17) is 4.74 Å². The van der Waals surface area contributed by atoms with Gasteiger partial charge in [0, 0.05) is 49.0 Å². The molecular weight excluding hydrogens is 420 g/mol. The number of para-hydroxylation sites is 1. The van der Waals surface area contributed by atoms with E-state index in [1.54, 1.807) is 0 Å². The van der Waals surface area contributed by atoms with Crippen molar-refractivity contribution in [1.82, 2.24) is 14.8 Å². The van der Waals surface area contributed by atoms with Crippen molar-refractivity contribution in [3.63, 3.8) is 0 Å². The topological polar surface area (TPSA) is 57.7 Å². The van der Waals surface area contributed by atoms with E-state index in [-0.39, 0.29) is 18.2 Å². The number of hydrogen-bond donors (Lipinski definition) is 1. The van der Waals surface area contributed by atoms with Gasteiger partial charge in [0.25, 0.3) is 5.91 Å². The minimum atomic E-state index is 0.0760. The van der Waals surface area contributed by atoms with Crippen LogP contribution in [-0.4, -0.2) is 59.2 Å². The van der Waals surface area contributed by atoms with Crippen LogP contribution in [0.1, 0.15) is 31.1 Å². The van der Waals surface area contributed by atoms with Crippen LogP contribution in [0.3, 0.4) is 0 Å². The van der Waals surface area contributed by atoms with Crippen LogP contribution in [0.15, 0.2) is 65.7 Å². The van der Waals surface area contributed by atoms with Gasteiger partial charge in [-0.25, -0.2) is 0 Å². The molecule has 1 atom stereocenters. The molecule has 0 saturated carbocycles. The predicted octanol–water partition coefficient (Wildman–Crippen LogP) is 4.88. The summed E-state index contributed by atoms with van der Waals surface area (Å²) in [6.07, 6.45) is 2.09. The van der Waals surface area contributed by atoms with E-state index in [0.717, 1.165) is 34.6 Å². The van der Waals surface area contributed by atoms with Crippen molar-refractivity contribution in [2.75, 3.05) is 30.9 Å². The molecule has 1 aromatic heterocycles. The van der Waals surface area contributed by atoms with Crippen LogP contribution in [0.25, 0.3) is 10.9 Å². The summed E-state index contributed by atoms with van der Waals surface area (Å²) in [7, 11) is 0. The minimum absolute atomic E-state index is 0.0760. The van der Waals surface area contributed by atoms with E-state index in [9.17, 15) is 4.79 Å². The Morgan fingerprint density at radius 1 is 1.00 bits per heavy atom. The number of carbonyl (C=O) groups is 1. The molecule has 1 aliphatic heterocycles. The lowest BCUT2D eigenvalue weighted by Gasteiger charge is -2.38. The van der Waals surface area contributed by atoms with Crippen LogP contribution >= 0.6 is 11.9 Å². The van der Waals surface area contributed by atoms with Gasteiger partial charge < -0.3 is 14.4 Å². The highest BCUT2D eigenvalue weighted by atomic mass is 32.2. The van der Waals surface area contributed by atoms with Crippen molar-refractivity contribution in [2.45, 2.75) is 38.0 Å². The molecule has 1 amide bonds. The zero-order chi connectivity index (χ0) is 22.5. The number of anilines is 1. The number of piperazine rings is 1. The molecule has 1 fully saturated rings. The monoisotopic (exact) mass is 450 g/mol. The number of pyridine rings is 1. The van der Waals surface area contributed by atoms with Crippen molar-refractivity contribution < 1.29 is 9.53 Å². The Hall–Kier alpha value is -2.61. The number of benzene rings is 2. The smallest absolute Gasteiger partial charge is 0.253 e. The molecule has 0 radical (unpaired) electrons. The first kappa shape index (κ1) is 22.6. The van der Waals surface area contributed by atoms with Gasteiger partial charge in [-0.05, 0) is 69.1 Å². The standard InChI is InChI=1S/C25H30N4O2S/c1-18(2)31-19(3)28-14-16-29(17-15-28)25(30)21-9-11-22(12-10-21)27-32-23-8-4-6-20-7-5-13-26-24(20)23/h4-13,18-19,27H,14-17H2,1-3H3. The van der Waals surface area contributed by atoms with Gasteiger partial charge in [0.1, 0.15) is 6.23 Å². The largest absolute Gasteiger partial charge is 0.361 e. The summed E-state index contributed by atoms with van der Waals surface area (Å²) in [5, 5.41) is 1.12. The van der Waals surface area contributed by atoms with Gasteiger partial charge in [-0.1, -0.05) is 18.2 Å². The molecule has 0 spiro atoms. The fraction of sp³-hybridized carbons (Fsp3) is 0.360. The first-order chi connectivity index (χ1) is 15.5. The molecule has 1 unspecified atom stereocenters. The molecule has 32 heavy (non-hydrogen) atoms. The third-order valence-corrected chi connectivity index (χ3v) is 6.48. The molecular formula is C25H30N4O2S. The van der Waals surface area contributed by atoms with Crippen molar-refractivity contribution in [1.29, 1.82) is 0 Å². The van der Waals surface area contributed by atoms with Crippen LogP contribution in [0.5, 0.6) is 0 Å². The number of nitrogens with one attached hydrogen (secondary N) is 1. The number of hydrogen-bond acceptors (Lipinski definition) is 6. The molecule has 1 N–H and O–H groups in total. The van der Waals surface area contributed by atoms with Crippen LogP contribution in [0, 0.1) is 0 Å². The zero-order valence-corrected chi connectivity index (χ0v) is 19.6. The summed E-state index contributed by atoms with van der Waals surface area (Å²) in [6, 6.07) is 17.8. The highest BCUT2D eigenvalue weighted by molar-refractivity contribution is 8.00. The van der Waals surface area contributed by atoms with Gasteiger partial charge in [-0.15, -0.1) is 0 Å². The number of nitrogens with zero attached hydrogens (tertiary/aromatic N) is 3. The summed E-state index contributed by atoms with van der Waals surface area (Å²) < 4.78 is 9.24.